The van der Waals surface area contributed by atoms with Gasteiger partial charge >= 0.3 is 5.92 Å². The van der Waals surface area contributed by atoms with Crippen molar-refractivity contribution in [3.8, 4) is 5.75 Å². The SMILES string of the molecule is NC(Cc1ccc(OCc2ccccc2)cc1)C(O)C(F)(F)C(=O)NC(c1ccccc1)c1ccccc1. The number of alkyl halides is 2. The summed E-state index contributed by atoms with van der Waals surface area (Å²) in [5.41, 5.74) is 8.88. The predicted molar refractivity (Wildman–Crippen MR) is 143 cm³/mol. The second-order valence-electron chi connectivity index (χ2n) is 9.08. The Morgan fingerprint density at radius 1 is 0.789 bits per heavy atom. The van der Waals surface area contributed by atoms with Gasteiger partial charge in [0, 0.05) is 6.04 Å². The molecule has 0 saturated carbocycles. The van der Waals surface area contributed by atoms with E-state index in [4.69, 9.17) is 10.5 Å². The molecule has 0 saturated heterocycles. The smallest absolute Gasteiger partial charge is 0.351 e. The number of carbonyl (C=O) groups is 1. The van der Waals surface area contributed by atoms with Crippen LogP contribution in [0.3, 0.4) is 0 Å². The fourth-order valence-electron chi connectivity index (χ4n) is 4.13. The summed E-state index contributed by atoms with van der Waals surface area (Å²) in [5, 5.41) is 12.8. The van der Waals surface area contributed by atoms with Crippen molar-refractivity contribution in [1.29, 1.82) is 0 Å². The number of ether oxygens (including phenoxy) is 1. The zero-order valence-corrected chi connectivity index (χ0v) is 20.7. The summed E-state index contributed by atoms with van der Waals surface area (Å²) in [4.78, 5) is 12.8. The van der Waals surface area contributed by atoms with E-state index in [0.29, 0.717) is 29.0 Å². The van der Waals surface area contributed by atoms with Crippen LogP contribution in [0, 0.1) is 0 Å². The van der Waals surface area contributed by atoms with Gasteiger partial charge in [-0.05, 0) is 40.8 Å². The van der Waals surface area contributed by atoms with Gasteiger partial charge in [0.2, 0.25) is 0 Å². The van der Waals surface area contributed by atoms with Gasteiger partial charge in [0.1, 0.15) is 18.5 Å². The van der Waals surface area contributed by atoms with Crippen LogP contribution in [0.15, 0.2) is 115 Å². The minimum Gasteiger partial charge on any atom is -0.489 e. The lowest BCUT2D eigenvalue weighted by Crippen LogP contribution is -2.56. The summed E-state index contributed by atoms with van der Waals surface area (Å²) >= 11 is 0. The Morgan fingerprint density at radius 2 is 1.29 bits per heavy atom. The fourth-order valence-corrected chi connectivity index (χ4v) is 4.13. The number of amides is 1. The van der Waals surface area contributed by atoms with E-state index in [-0.39, 0.29) is 6.42 Å². The molecule has 38 heavy (non-hydrogen) atoms. The topological polar surface area (TPSA) is 84.6 Å². The summed E-state index contributed by atoms with van der Waals surface area (Å²) in [6.45, 7) is 0.396. The Labute approximate surface area is 220 Å². The Hall–Kier alpha value is -4.07. The second kappa shape index (κ2) is 12.4. The normalized spacial score (nSPS) is 13.1. The van der Waals surface area contributed by atoms with Crippen LogP contribution in [0.1, 0.15) is 28.3 Å². The molecule has 4 N–H and O–H groups in total. The first-order valence-corrected chi connectivity index (χ1v) is 12.3. The Kier molecular flexibility index (Phi) is 8.84. The van der Waals surface area contributed by atoms with Crippen molar-refractivity contribution in [1.82, 2.24) is 5.32 Å². The van der Waals surface area contributed by atoms with Gasteiger partial charge in [-0.15, -0.1) is 0 Å². The highest BCUT2D eigenvalue weighted by Crippen LogP contribution is 2.27. The first-order valence-electron chi connectivity index (χ1n) is 12.3. The van der Waals surface area contributed by atoms with Crippen molar-refractivity contribution in [3.05, 3.63) is 138 Å². The minimum atomic E-state index is -4.11. The molecule has 4 rings (SSSR count). The van der Waals surface area contributed by atoms with E-state index in [1.54, 1.807) is 84.9 Å². The summed E-state index contributed by atoms with van der Waals surface area (Å²) < 4.78 is 36.0. The van der Waals surface area contributed by atoms with Crippen LogP contribution in [0.4, 0.5) is 8.78 Å². The number of halogens is 2. The number of nitrogens with one attached hydrogen (secondary N) is 1. The third-order valence-corrected chi connectivity index (χ3v) is 6.26. The van der Waals surface area contributed by atoms with Crippen molar-refractivity contribution < 1.29 is 23.4 Å². The van der Waals surface area contributed by atoms with E-state index in [2.05, 4.69) is 5.32 Å². The van der Waals surface area contributed by atoms with Crippen molar-refractivity contribution in [2.75, 3.05) is 0 Å². The van der Waals surface area contributed by atoms with Gasteiger partial charge in [0.15, 0.2) is 0 Å². The van der Waals surface area contributed by atoms with Crippen LogP contribution < -0.4 is 15.8 Å². The molecule has 0 aliphatic carbocycles. The molecule has 4 aromatic carbocycles. The molecule has 0 aromatic heterocycles. The molecular formula is C31H30F2N2O3. The van der Waals surface area contributed by atoms with Crippen LogP contribution in [0.2, 0.25) is 0 Å². The van der Waals surface area contributed by atoms with Crippen LogP contribution in [0.25, 0.3) is 0 Å². The average Bonchev–Trinajstić information content (AvgIpc) is 2.96. The molecule has 4 aromatic rings. The number of aliphatic hydroxyl groups is 1. The quantitative estimate of drug-likeness (QED) is 0.261. The lowest BCUT2D eigenvalue weighted by atomic mass is 9.95. The van der Waals surface area contributed by atoms with E-state index < -0.39 is 30.0 Å². The summed E-state index contributed by atoms with van der Waals surface area (Å²) in [7, 11) is 0. The van der Waals surface area contributed by atoms with Crippen molar-refractivity contribution in [2.45, 2.75) is 37.1 Å². The lowest BCUT2D eigenvalue weighted by Gasteiger charge is -2.29. The van der Waals surface area contributed by atoms with Crippen molar-refractivity contribution in [3.63, 3.8) is 0 Å². The molecule has 0 radical (unpaired) electrons. The third kappa shape index (κ3) is 6.82. The third-order valence-electron chi connectivity index (χ3n) is 6.26. The molecule has 0 fully saturated rings. The molecule has 0 aliphatic rings. The molecule has 0 heterocycles. The maximum absolute atomic E-state index is 15.1. The number of benzene rings is 4. The van der Waals surface area contributed by atoms with Crippen LogP contribution in [0.5, 0.6) is 5.75 Å². The molecule has 0 bridgehead atoms. The van der Waals surface area contributed by atoms with Gasteiger partial charge in [-0.3, -0.25) is 4.79 Å². The zero-order valence-electron chi connectivity index (χ0n) is 20.7. The highest BCUT2D eigenvalue weighted by Gasteiger charge is 2.49. The summed E-state index contributed by atoms with van der Waals surface area (Å²) in [6, 6.07) is 31.9. The predicted octanol–water partition coefficient (Wildman–Crippen LogP) is 5.04. The summed E-state index contributed by atoms with van der Waals surface area (Å²) in [5.74, 6) is -5.09. The average molecular weight is 517 g/mol. The molecule has 5 nitrogen and oxygen atoms in total. The molecule has 2 atom stereocenters. The fraction of sp³-hybridized carbons (Fsp3) is 0.194. The van der Waals surface area contributed by atoms with Crippen LogP contribution in [-0.2, 0) is 17.8 Å². The van der Waals surface area contributed by atoms with Crippen molar-refractivity contribution in [2.24, 2.45) is 5.73 Å². The number of rotatable bonds is 11. The number of hydrogen-bond donors (Lipinski definition) is 3. The second-order valence-corrected chi connectivity index (χ2v) is 9.08. The van der Waals surface area contributed by atoms with Gasteiger partial charge in [-0.1, -0.05) is 103 Å². The number of carbonyl (C=O) groups excluding carboxylic acids is 1. The molecule has 2 unspecified atom stereocenters. The molecule has 196 valence electrons. The molecular weight excluding hydrogens is 486 g/mol. The largest absolute Gasteiger partial charge is 0.489 e. The molecule has 1 amide bonds. The number of aliphatic hydroxyl groups excluding tert-OH is 1. The Bertz CT molecular complexity index is 1250. The molecule has 0 aliphatic heterocycles. The molecule has 7 heteroatoms. The first-order chi connectivity index (χ1) is 18.3. The van der Waals surface area contributed by atoms with Gasteiger partial charge in [0.05, 0.1) is 6.04 Å². The Morgan fingerprint density at radius 3 is 1.82 bits per heavy atom. The van der Waals surface area contributed by atoms with Crippen LogP contribution >= 0.6 is 0 Å². The van der Waals surface area contributed by atoms with Gasteiger partial charge in [-0.2, -0.15) is 8.78 Å². The number of hydrogen-bond acceptors (Lipinski definition) is 4. The summed E-state index contributed by atoms with van der Waals surface area (Å²) in [6.07, 6.45) is -2.44. The first kappa shape index (κ1) is 27.0. The monoisotopic (exact) mass is 516 g/mol. The van der Waals surface area contributed by atoms with E-state index in [0.717, 1.165) is 5.56 Å². The minimum absolute atomic E-state index is 0.0518. The Balaban J connectivity index is 1.39. The lowest BCUT2D eigenvalue weighted by molar-refractivity contribution is -0.166. The van der Waals surface area contributed by atoms with E-state index in [1.807, 2.05) is 30.3 Å². The highest BCUT2D eigenvalue weighted by atomic mass is 19.3. The maximum Gasteiger partial charge on any atom is 0.351 e. The standard InChI is InChI=1S/C31H30F2N2O3/c32-31(33,30(37)35-28(24-12-6-2-7-13-24)25-14-8-3-9-15-25)29(36)27(34)20-22-16-18-26(19-17-22)38-21-23-10-4-1-5-11-23/h1-19,27-29,36H,20-21,34H2,(H,35,37). The zero-order chi connectivity index (χ0) is 27.0. The number of nitrogens with two attached hydrogens (primary N) is 1. The van der Waals surface area contributed by atoms with Crippen LogP contribution in [-0.4, -0.2) is 29.1 Å². The highest BCUT2D eigenvalue weighted by molar-refractivity contribution is 5.85. The van der Waals surface area contributed by atoms with Gasteiger partial charge in [-0.25, -0.2) is 0 Å². The maximum atomic E-state index is 15.1. The van der Waals surface area contributed by atoms with Gasteiger partial charge in [0.25, 0.3) is 5.91 Å². The van der Waals surface area contributed by atoms with Gasteiger partial charge < -0.3 is 20.9 Å². The van der Waals surface area contributed by atoms with E-state index in [1.165, 1.54) is 0 Å². The van der Waals surface area contributed by atoms with E-state index in [9.17, 15) is 9.90 Å². The van der Waals surface area contributed by atoms with Crippen molar-refractivity contribution >= 4 is 5.91 Å². The van der Waals surface area contributed by atoms with E-state index >= 15 is 8.78 Å². The molecule has 0 spiro atoms.